The van der Waals surface area contributed by atoms with Gasteiger partial charge in [0.25, 0.3) is 0 Å². The molecule has 0 spiro atoms. The van der Waals surface area contributed by atoms with Crippen LogP contribution >= 0.6 is 0 Å². The SMILES string of the molecule is Cc1cc2c(cc1S(=O)(=O)NCc1ccc3c(c1)OCO3)n(C)c(=O)n2C. The number of nitrogens with zero attached hydrogens (tertiary/aromatic N) is 2. The minimum atomic E-state index is -3.76. The van der Waals surface area contributed by atoms with Crippen LogP contribution in [-0.4, -0.2) is 24.3 Å². The van der Waals surface area contributed by atoms with Gasteiger partial charge in [0.2, 0.25) is 16.8 Å². The molecule has 0 saturated heterocycles. The molecule has 0 bridgehead atoms. The molecule has 142 valence electrons. The van der Waals surface area contributed by atoms with Crippen LogP contribution in [0.4, 0.5) is 0 Å². The van der Waals surface area contributed by atoms with Crippen LogP contribution in [0.1, 0.15) is 11.1 Å². The van der Waals surface area contributed by atoms with Crippen LogP contribution in [0.25, 0.3) is 11.0 Å². The smallest absolute Gasteiger partial charge is 0.328 e. The van der Waals surface area contributed by atoms with Crippen LogP contribution in [0, 0.1) is 6.92 Å². The third-order valence-corrected chi connectivity index (χ3v) is 6.30. The standard InChI is InChI=1S/C18H19N3O5S/c1-11-6-13-14(21(3)18(22)20(13)2)8-17(11)27(23,24)19-9-12-4-5-15-16(7-12)26-10-25-15/h4-8,19H,9-10H2,1-3H3. The Bertz CT molecular complexity index is 1220. The number of sulfonamides is 1. The van der Waals surface area contributed by atoms with Crippen molar-refractivity contribution in [3.63, 3.8) is 0 Å². The summed E-state index contributed by atoms with van der Waals surface area (Å²) in [6.07, 6.45) is 0. The van der Waals surface area contributed by atoms with E-state index in [-0.39, 0.29) is 23.9 Å². The minimum Gasteiger partial charge on any atom is -0.454 e. The lowest BCUT2D eigenvalue weighted by molar-refractivity contribution is 0.174. The summed E-state index contributed by atoms with van der Waals surface area (Å²) in [6.45, 7) is 2.00. The number of fused-ring (bicyclic) bond motifs is 2. The van der Waals surface area contributed by atoms with Gasteiger partial charge in [0, 0.05) is 20.6 Å². The summed E-state index contributed by atoms with van der Waals surface area (Å²) in [7, 11) is -0.477. The molecule has 9 heteroatoms. The van der Waals surface area contributed by atoms with Gasteiger partial charge in [-0.15, -0.1) is 0 Å². The lowest BCUT2D eigenvalue weighted by Crippen LogP contribution is -2.24. The van der Waals surface area contributed by atoms with Crippen molar-refractivity contribution in [3.8, 4) is 11.5 Å². The monoisotopic (exact) mass is 389 g/mol. The van der Waals surface area contributed by atoms with Gasteiger partial charge in [0.05, 0.1) is 15.9 Å². The average Bonchev–Trinajstić information content (AvgIpc) is 3.18. The number of benzene rings is 2. The zero-order chi connectivity index (χ0) is 19.3. The van der Waals surface area contributed by atoms with Crippen LogP contribution in [-0.2, 0) is 30.7 Å². The number of hydrogen-bond donors (Lipinski definition) is 1. The van der Waals surface area contributed by atoms with Crippen molar-refractivity contribution in [2.45, 2.75) is 18.4 Å². The van der Waals surface area contributed by atoms with Crippen molar-refractivity contribution in [1.29, 1.82) is 0 Å². The summed E-state index contributed by atoms with van der Waals surface area (Å²) in [5.74, 6) is 1.25. The number of nitrogens with one attached hydrogen (secondary N) is 1. The molecule has 1 aliphatic heterocycles. The molecule has 1 aliphatic rings. The average molecular weight is 389 g/mol. The Kier molecular flexibility index (Phi) is 4.01. The summed E-state index contributed by atoms with van der Waals surface area (Å²) in [6, 6.07) is 8.54. The zero-order valence-corrected chi connectivity index (χ0v) is 16.0. The Morgan fingerprint density at radius 1 is 1.04 bits per heavy atom. The number of imidazole rings is 1. The van der Waals surface area contributed by atoms with Gasteiger partial charge in [0.1, 0.15) is 0 Å². The molecule has 0 unspecified atom stereocenters. The van der Waals surface area contributed by atoms with Gasteiger partial charge in [-0.25, -0.2) is 17.9 Å². The van der Waals surface area contributed by atoms with Crippen molar-refractivity contribution in [3.05, 3.63) is 51.9 Å². The topological polar surface area (TPSA) is 91.6 Å². The van der Waals surface area contributed by atoms with Crippen LogP contribution in [0.2, 0.25) is 0 Å². The van der Waals surface area contributed by atoms with E-state index < -0.39 is 10.0 Å². The molecule has 1 N–H and O–H groups in total. The molecule has 0 saturated carbocycles. The van der Waals surface area contributed by atoms with E-state index in [1.54, 1.807) is 45.3 Å². The van der Waals surface area contributed by atoms with Gasteiger partial charge in [-0.2, -0.15) is 0 Å². The van der Waals surface area contributed by atoms with Crippen molar-refractivity contribution in [2.75, 3.05) is 6.79 Å². The van der Waals surface area contributed by atoms with Gasteiger partial charge < -0.3 is 9.47 Å². The molecule has 4 rings (SSSR count). The van der Waals surface area contributed by atoms with E-state index in [2.05, 4.69) is 4.72 Å². The molecule has 1 aromatic heterocycles. The maximum absolute atomic E-state index is 12.8. The third kappa shape index (κ3) is 2.88. The highest BCUT2D eigenvalue weighted by molar-refractivity contribution is 7.89. The van der Waals surface area contributed by atoms with Gasteiger partial charge in [-0.1, -0.05) is 6.07 Å². The molecule has 0 radical (unpaired) electrons. The summed E-state index contributed by atoms with van der Waals surface area (Å²) >= 11 is 0. The molecule has 2 heterocycles. The van der Waals surface area contributed by atoms with Crippen LogP contribution in [0.15, 0.2) is 40.0 Å². The predicted molar refractivity (Wildman–Crippen MR) is 99.5 cm³/mol. The molecule has 0 aliphatic carbocycles. The van der Waals surface area contributed by atoms with E-state index in [0.29, 0.717) is 28.1 Å². The molecular formula is C18H19N3O5S. The van der Waals surface area contributed by atoms with Crippen LogP contribution in [0.5, 0.6) is 11.5 Å². The van der Waals surface area contributed by atoms with Gasteiger partial charge in [-0.05, 0) is 42.3 Å². The first-order chi connectivity index (χ1) is 12.8. The van der Waals surface area contributed by atoms with Crippen molar-refractivity contribution >= 4 is 21.1 Å². The quantitative estimate of drug-likeness (QED) is 0.728. The predicted octanol–water partition coefficient (Wildman–Crippen LogP) is 1.39. The Hall–Kier alpha value is -2.78. The Morgan fingerprint density at radius 3 is 2.44 bits per heavy atom. The minimum absolute atomic E-state index is 0.115. The summed E-state index contributed by atoms with van der Waals surface area (Å²) < 4.78 is 41.8. The first-order valence-electron chi connectivity index (χ1n) is 8.32. The lowest BCUT2D eigenvalue weighted by atomic mass is 10.2. The second-order valence-corrected chi connectivity index (χ2v) is 8.25. The Labute approximate surface area is 156 Å². The molecule has 0 atom stereocenters. The van der Waals surface area contributed by atoms with E-state index in [1.807, 2.05) is 0 Å². The number of ether oxygens (including phenoxy) is 2. The van der Waals surface area contributed by atoms with Gasteiger partial charge in [0.15, 0.2) is 11.5 Å². The molecule has 27 heavy (non-hydrogen) atoms. The lowest BCUT2D eigenvalue weighted by Gasteiger charge is -2.11. The second kappa shape index (κ2) is 6.14. The Morgan fingerprint density at radius 2 is 1.70 bits per heavy atom. The van der Waals surface area contributed by atoms with Crippen molar-refractivity contribution < 1.29 is 17.9 Å². The first-order valence-corrected chi connectivity index (χ1v) is 9.80. The van der Waals surface area contributed by atoms with Gasteiger partial charge in [-0.3, -0.25) is 9.13 Å². The largest absolute Gasteiger partial charge is 0.454 e. The van der Waals surface area contributed by atoms with E-state index >= 15 is 0 Å². The molecule has 0 fully saturated rings. The second-order valence-electron chi connectivity index (χ2n) is 6.52. The van der Waals surface area contributed by atoms with Gasteiger partial charge >= 0.3 is 5.69 Å². The van der Waals surface area contributed by atoms with E-state index in [9.17, 15) is 13.2 Å². The number of hydrogen-bond acceptors (Lipinski definition) is 5. The first kappa shape index (κ1) is 17.6. The highest BCUT2D eigenvalue weighted by Crippen LogP contribution is 2.32. The Balaban J connectivity index is 1.66. The number of rotatable bonds is 4. The summed E-state index contributed by atoms with van der Waals surface area (Å²) in [5, 5.41) is 0. The van der Waals surface area contributed by atoms with E-state index in [1.165, 1.54) is 15.2 Å². The fourth-order valence-corrected chi connectivity index (χ4v) is 4.49. The van der Waals surface area contributed by atoms with Crippen molar-refractivity contribution in [2.24, 2.45) is 14.1 Å². The van der Waals surface area contributed by atoms with Crippen LogP contribution in [0.3, 0.4) is 0 Å². The van der Waals surface area contributed by atoms with Crippen LogP contribution < -0.4 is 19.9 Å². The maximum Gasteiger partial charge on any atom is 0.328 e. The fourth-order valence-electron chi connectivity index (χ4n) is 3.23. The molecule has 3 aromatic rings. The van der Waals surface area contributed by atoms with E-state index in [4.69, 9.17) is 9.47 Å². The van der Waals surface area contributed by atoms with Crippen molar-refractivity contribution in [1.82, 2.24) is 13.9 Å². The summed E-state index contributed by atoms with van der Waals surface area (Å²) in [5.41, 5.74) is 2.38. The molecule has 8 nitrogen and oxygen atoms in total. The van der Waals surface area contributed by atoms with E-state index in [0.717, 1.165) is 5.56 Å². The fraction of sp³-hybridized carbons (Fsp3) is 0.278. The highest BCUT2D eigenvalue weighted by Gasteiger charge is 2.21. The zero-order valence-electron chi connectivity index (χ0n) is 15.1. The molecule has 2 aromatic carbocycles. The number of aromatic nitrogens is 2. The summed E-state index contributed by atoms with van der Waals surface area (Å²) in [4.78, 5) is 12.3. The molecular weight excluding hydrogens is 370 g/mol. The maximum atomic E-state index is 12.8. The number of aryl methyl sites for hydroxylation is 3. The third-order valence-electron chi connectivity index (χ3n) is 4.76. The normalized spacial score (nSPS) is 13.4. The highest BCUT2D eigenvalue weighted by atomic mass is 32.2. The molecule has 0 amide bonds.